The Hall–Kier alpha value is -1.83. The van der Waals surface area contributed by atoms with Gasteiger partial charge in [-0.1, -0.05) is 0 Å². The molecular formula is C8H11N5O2S. The summed E-state index contributed by atoms with van der Waals surface area (Å²) in [7, 11) is 0. The van der Waals surface area contributed by atoms with Gasteiger partial charge in [-0.15, -0.1) is 10.2 Å². The fraction of sp³-hybridized carbons (Fsp3) is 0.250. The summed E-state index contributed by atoms with van der Waals surface area (Å²) >= 11 is 0. The second-order valence-electron chi connectivity index (χ2n) is 3.04. The van der Waals surface area contributed by atoms with Crippen LogP contribution in [0.25, 0.3) is 0 Å². The number of H-pyrrole nitrogens is 1. The van der Waals surface area contributed by atoms with Crippen molar-refractivity contribution in [3.63, 3.8) is 0 Å². The lowest BCUT2D eigenvalue weighted by atomic mass is 10.1. The summed E-state index contributed by atoms with van der Waals surface area (Å²) in [5.41, 5.74) is 0.760. The number of hydrogen-bond acceptors (Lipinski definition) is 4. The Bertz CT molecular complexity index is 427. The zero-order chi connectivity index (χ0) is 10.7. The Balaban J connectivity index is 0.00000128. The van der Waals surface area contributed by atoms with Crippen LogP contribution >= 0.6 is 13.5 Å². The highest BCUT2D eigenvalue weighted by Gasteiger charge is 2.20. The number of carboxylic acid groups (broad SMARTS) is 1. The summed E-state index contributed by atoms with van der Waals surface area (Å²) < 4.78 is 1.45. The van der Waals surface area contributed by atoms with E-state index in [0.29, 0.717) is 6.42 Å². The molecule has 2 heterocycles. The molecule has 0 saturated heterocycles. The summed E-state index contributed by atoms with van der Waals surface area (Å²) in [6.07, 6.45) is 6.21. The highest BCUT2D eigenvalue weighted by Crippen LogP contribution is 2.11. The number of hydrogen-bond donors (Lipinski definition) is 2. The number of imidazole rings is 1. The molecule has 16 heavy (non-hydrogen) atoms. The van der Waals surface area contributed by atoms with Crippen LogP contribution in [0.15, 0.2) is 25.2 Å². The molecule has 2 rings (SSSR count). The van der Waals surface area contributed by atoms with Gasteiger partial charge >= 0.3 is 5.97 Å². The zero-order valence-electron chi connectivity index (χ0n) is 8.24. The van der Waals surface area contributed by atoms with Gasteiger partial charge in [-0.05, 0) is 0 Å². The number of carboxylic acids is 1. The predicted molar refractivity (Wildman–Crippen MR) is 59.4 cm³/mol. The van der Waals surface area contributed by atoms with Crippen molar-refractivity contribution in [2.24, 2.45) is 0 Å². The van der Waals surface area contributed by atoms with Crippen LogP contribution in [0.5, 0.6) is 0 Å². The Morgan fingerprint density at radius 2 is 2.19 bits per heavy atom. The maximum Gasteiger partial charge on any atom is 0.327 e. The van der Waals surface area contributed by atoms with Gasteiger partial charge in [-0.3, -0.25) is 0 Å². The average molecular weight is 241 g/mol. The minimum Gasteiger partial charge on any atom is -0.480 e. The third-order valence-corrected chi connectivity index (χ3v) is 2.05. The minimum atomic E-state index is -0.926. The summed E-state index contributed by atoms with van der Waals surface area (Å²) in [5, 5.41) is 16.2. The maximum absolute atomic E-state index is 11.0. The lowest BCUT2D eigenvalue weighted by Crippen LogP contribution is -2.20. The molecule has 0 aliphatic rings. The molecule has 7 nitrogen and oxygen atoms in total. The molecule has 0 fully saturated rings. The molecule has 0 saturated carbocycles. The van der Waals surface area contributed by atoms with E-state index in [4.69, 9.17) is 5.11 Å². The molecule has 86 valence electrons. The molecule has 0 aliphatic heterocycles. The van der Waals surface area contributed by atoms with Gasteiger partial charge in [0.1, 0.15) is 18.7 Å². The normalized spacial score (nSPS) is 11.8. The molecule has 0 radical (unpaired) electrons. The lowest BCUT2D eigenvalue weighted by molar-refractivity contribution is -0.140. The van der Waals surface area contributed by atoms with Crippen LogP contribution in [0, 0.1) is 0 Å². The van der Waals surface area contributed by atoms with Crippen molar-refractivity contribution in [1.82, 2.24) is 24.7 Å². The number of aromatic amines is 1. The largest absolute Gasteiger partial charge is 0.480 e. The molecular weight excluding hydrogens is 230 g/mol. The van der Waals surface area contributed by atoms with E-state index >= 15 is 0 Å². The second-order valence-corrected chi connectivity index (χ2v) is 3.04. The highest BCUT2D eigenvalue weighted by molar-refractivity contribution is 7.59. The van der Waals surface area contributed by atoms with Gasteiger partial charge in [0.15, 0.2) is 0 Å². The van der Waals surface area contributed by atoms with Crippen LogP contribution in [-0.4, -0.2) is 35.8 Å². The van der Waals surface area contributed by atoms with Crippen LogP contribution in [0.4, 0.5) is 0 Å². The molecule has 0 unspecified atom stereocenters. The van der Waals surface area contributed by atoms with Crippen molar-refractivity contribution in [2.75, 3.05) is 0 Å². The number of aliphatic carboxylic acids is 1. The van der Waals surface area contributed by atoms with Crippen LogP contribution in [-0.2, 0) is 11.2 Å². The molecule has 0 spiro atoms. The Kier molecular flexibility index (Phi) is 4.06. The van der Waals surface area contributed by atoms with Gasteiger partial charge in [-0.25, -0.2) is 9.78 Å². The highest BCUT2D eigenvalue weighted by atomic mass is 32.1. The minimum absolute atomic E-state index is 0. The van der Waals surface area contributed by atoms with E-state index in [1.807, 2.05) is 0 Å². The number of rotatable bonds is 4. The first-order chi connectivity index (χ1) is 7.27. The van der Waals surface area contributed by atoms with Crippen molar-refractivity contribution < 1.29 is 9.90 Å². The van der Waals surface area contributed by atoms with Crippen molar-refractivity contribution >= 4 is 19.5 Å². The molecule has 2 aromatic heterocycles. The average Bonchev–Trinajstić information content (AvgIpc) is 2.87. The van der Waals surface area contributed by atoms with Crippen molar-refractivity contribution in [3.8, 4) is 0 Å². The molecule has 0 aliphatic carbocycles. The van der Waals surface area contributed by atoms with Crippen LogP contribution < -0.4 is 0 Å². The number of nitrogens with one attached hydrogen (secondary N) is 1. The topological polar surface area (TPSA) is 96.7 Å². The quantitative estimate of drug-likeness (QED) is 0.784. The summed E-state index contributed by atoms with van der Waals surface area (Å²) in [6.45, 7) is 0. The SMILES string of the molecule is O=C(O)[C@H](Cc1cnc[nH]1)n1cnnc1.S. The van der Waals surface area contributed by atoms with E-state index in [2.05, 4.69) is 20.2 Å². The van der Waals surface area contributed by atoms with Gasteiger partial charge < -0.3 is 14.7 Å². The van der Waals surface area contributed by atoms with E-state index in [1.165, 1.54) is 23.5 Å². The van der Waals surface area contributed by atoms with Crippen molar-refractivity contribution in [3.05, 3.63) is 30.9 Å². The van der Waals surface area contributed by atoms with Crippen LogP contribution in [0.1, 0.15) is 11.7 Å². The number of nitrogens with zero attached hydrogens (tertiary/aromatic N) is 4. The van der Waals surface area contributed by atoms with Crippen molar-refractivity contribution in [1.29, 1.82) is 0 Å². The Labute approximate surface area is 98.0 Å². The molecule has 2 N–H and O–H groups in total. The number of carbonyl (C=O) groups is 1. The predicted octanol–water partition coefficient (Wildman–Crippen LogP) is -0.0176. The maximum atomic E-state index is 11.0. The molecule has 0 aromatic carbocycles. The van der Waals surface area contributed by atoms with E-state index in [-0.39, 0.29) is 13.5 Å². The van der Waals surface area contributed by atoms with Crippen molar-refractivity contribution in [2.45, 2.75) is 12.5 Å². The summed E-state index contributed by atoms with van der Waals surface area (Å²) in [6, 6.07) is -0.708. The van der Waals surface area contributed by atoms with Gasteiger partial charge in [0, 0.05) is 18.3 Å². The molecule has 1 atom stereocenters. The van der Waals surface area contributed by atoms with E-state index in [1.54, 1.807) is 6.20 Å². The third-order valence-electron chi connectivity index (χ3n) is 2.05. The third kappa shape index (κ3) is 2.60. The zero-order valence-corrected chi connectivity index (χ0v) is 9.24. The van der Waals surface area contributed by atoms with Gasteiger partial charge in [0.05, 0.1) is 6.33 Å². The molecule has 0 amide bonds. The Morgan fingerprint density at radius 3 is 2.69 bits per heavy atom. The number of aromatic nitrogens is 5. The first-order valence-electron chi connectivity index (χ1n) is 4.31. The van der Waals surface area contributed by atoms with Crippen LogP contribution in [0.2, 0.25) is 0 Å². The van der Waals surface area contributed by atoms with Gasteiger partial charge in [-0.2, -0.15) is 13.5 Å². The molecule has 0 bridgehead atoms. The smallest absolute Gasteiger partial charge is 0.327 e. The Morgan fingerprint density at radius 1 is 1.50 bits per heavy atom. The second kappa shape index (κ2) is 5.31. The van der Waals surface area contributed by atoms with Gasteiger partial charge in [0.25, 0.3) is 0 Å². The first kappa shape index (κ1) is 12.2. The van der Waals surface area contributed by atoms with Crippen LogP contribution in [0.3, 0.4) is 0 Å². The standard InChI is InChI=1S/C8H9N5O2.H2S/c14-8(15)7(13-4-11-12-5-13)1-6-2-9-3-10-6;/h2-5,7H,1H2,(H,9,10)(H,14,15);1H2/t7-;/m0./s1. The van der Waals surface area contributed by atoms with Gasteiger partial charge in [0.2, 0.25) is 0 Å². The lowest BCUT2D eigenvalue weighted by Gasteiger charge is -2.11. The van der Waals surface area contributed by atoms with E-state index in [9.17, 15) is 4.79 Å². The fourth-order valence-electron chi connectivity index (χ4n) is 1.29. The fourth-order valence-corrected chi connectivity index (χ4v) is 1.29. The first-order valence-corrected chi connectivity index (χ1v) is 4.31. The molecule has 8 heteroatoms. The summed E-state index contributed by atoms with van der Waals surface area (Å²) in [4.78, 5) is 17.7. The molecule has 2 aromatic rings. The monoisotopic (exact) mass is 241 g/mol. The van der Waals surface area contributed by atoms with E-state index in [0.717, 1.165) is 5.69 Å². The van der Waals surface area contributed by atoms with E-state index < -0.39 is 12.0 Å². The summed E-state index contributed by atoms with van der Waals surface area (Å²) in [5.74, 6) is -0.926.